The van der Waals surface area contributed by atoms with Crippen LogP contribution >= 0.6 is 11.3 Å². The highest BCUT2D eigenvalue weighted by molar-refractivity contribution is 7.18. The number of hydrogen-bond donors (Lipinski definition) is 1. The molecule has 7 heteroatoms. The molecule has 16 heavy (non-hydrogen) atoms. The van der Waals surface area contributed by atoms with Gasteiger partial charge < -0.3 is 10.1 Å². The second-order valence-electron chi connectivity index (χ2n) is 2.88. The van der Waals surface area contributed by atoms with Crippen LogP contribution in [0.1, 0.15) is 6.42 Å². The van der Waals surface area contributed by atoms with Crippen LogP contribution in [0.4, 0.5) is 10.1 Å². The van der Waals surface area contributed by atoms with Crippen LogP contribution in [0.3, 0.4) is 0 Å². The first-order valence-electron chi connectivity index (χ1n) is 4.76. The summed E-state index contributed by atoms with van der Waals surface area (Å²) in [4.78, 5) is 13.8. The molecule has 88 valence electrons. The molecule has 0 saturated heterocycles. The van der Waals surface area contributed by atoms with Gasteiger partial charge in [0.05, 0.1) is 18.1 Å². The van der Waals surface area contributed by atoms with Gasteiger partial charge in [-0.1, -0.05) is 6.08 Å². The van der Waals surface area contributed by atoms with Crippen molar-refractivity contribution in [2.75, 3.05) is 25.1 Å². The maximum atomic E-state index is 10.4. The highest BCUT2D eigenvalue weighted by Gasteiger charge is 2.10. The summed E-state index contributed by atoms with van der Waals surface area (Å²) < 4.78 is 5.26. The van der Waals surface area contributed by atoms with Crippen molar-refractivity contribution in [3.8, 4) is 0 Å². The van der Waals surface area contributed by atoms with E-state index in [4.69, 9.17) is 4.74 Å². The Hall–Kier alpha value is -1.47. The summed E-state index contributed by atoms with van der Waals surface area (Å²) in [6, 6.07) is 0. The Morgan fingerprint density at radius 2 is 2.50 bits per heavy atom. The minimum Gasteiger partial charge on any atom is -0.379 e. The Balaban J connectivity index is 2.16. The zero-order valence-electron chi connectivity index (χ0n) is 8.72. The summed E-state index contributed by atoms with van der Waals surface area (Å²) in [6.07, 6.45) is 3.85. The molecule has 0 unspecified atom stereocenters. The Bertz CT molecular complexity index is 354. The molecule has 1 aromatic rings. The summed E-state index contributed by atoms with van der Waals surface area (Å²) in [5.74, 6) is 0. The monoisotopic (exact) mass is 243 g/mol. The SMILES string of the molecule is C=CCCOCCNc1ncc([N+](=O)[O-])s1. The van der Waals surface area contributed by atoms with Gasteiger partial charge >= 0.3 is 5.00 Å². The average Bonchev–Trinajstić information content (AvgIpc) is 2.72. The fourth-order valence-corrected chi connectivity index (χ4v) is 1.59. The molecule has 0 aliphatic carbocycles. The van der Waals surface area contributed by atoms with E-state index in [2.05, 4.69) is 16.9 Å². The molecule has 0 aromatic carbocycles. The van der Waals surface area contributed by atoms with Crippen molar-refractivity contribution in [1.82, 2.24) is 4.98 Å². The lowest BCUT2D eigenvalue weighted by Gasteiger charge is -2.02. The lowest BCUT2D eigenvalue weighted by Crippen LogP contribution is -2.09. The van der Waals surface area contributed by atoms with E-state index in [1.54, 1.807) is 6.08 Å². The van der Waals surface area contributed by atoms with E-state index in [1.165, 1.54) is 6.20 Å². The van der Waals surface area contributed by atoms with E-state index in [0.717, 1.165) is 17.8 Å². The molecule has 1 aromatic heterocycles. The Morgan fingerprint density at radius 3 is 3.12 bits per heavy atom. The van der Waals surface area contributed by atoms with E-state index in [0.29, 0.717) is 24.9 Å². The average molecular weight is 243 g/mol. The van der Waals surface area contributed by atoms with Gasteiger partial charge in [0.1, 0.15) is 6.20 Å². The summed E-state index contributed by atoms with van der Waals surface area (Å²) in [5.41, 5.74) is 0. The first-order chi connectivity index (χ1) is 7.74. The smallest absolute Gasteiger partial charge is 0.345 e. The van der Waals surface area contributed by atoms with Crippen LogP contribution in [0.5, 0.6) is 0 Å². The molecule has 1 N–H and O–H groups in total. The normalized spacial score (nSPS) is 10.0. The number of nitrogens with one attached hydrogen (secondary N) is 1. The Morgan fingerprint density at radius 1 is 1.69 bits per heavy atom. The third kappa shape index (κ3) is 4.37. The van der Waals surface area contributed by atoms with Gasteiger partial charge in [-0.05, 0) is 17.8 Å². The Labute approximate surface area is 97.1 Å². The highest BCUT2D eigenvalue weighted by atomic mass is 32.1. The zero-order valence-corrected chi connectivity index (χ0v) is 9.53. The fourth-order valence-electron chi connectivity index (χ4n) is 0.931. The van der Waals surface area contributed by atoms with Crippen molar-refractivity contribution in [2.45, 2.75) is 6.42 Å². The third-order valence-electron chi connectivity index (χ3n) is 1.66. The van der Waals surface area contributed by atoms with Crippen LogP contribution in [0.15, 0.2) is 18.9 Å². The number of thiazole rings is 1. The van der Waals surface area contributed by atoms with Crippen LogP contribution in [0.25, 0.3) is 0 Å². The van der Waals surface area contributed by atoms with Gasteiger partial charge in [0.15, 0.2) is 5.13 Å². The second-order valence-corrected chi connectivity index (χ2v) is 3.89. The molecule has 1 heterocycles. The number of anilines is 1. The quantitative estimate of drug-likeness (QED) is 0.327. The fraction of sp³-hybridized carbons (Fsp3) is 0.444. The molecule has 0 aliphatic rings. The predicted molar refractivity (Wildman–Crippen MR) is 62.9 cm³/mol. The minimum absolute atomic E-state index is 0.0371. The predicted octanol–water partition coefficient (Wildman–Crippen LogP) is 2.06. The number of nitro groups is 1. The van der Waals surface area contributed by atoms with Crippen LogP contribution in [-0.2, 0) is 4.74 Å². The molecule has 0 amide bonds. The van der Waals surface area contributed by atoms with Crippen LogP contribution in [-0.4, -0.2) is 29.7 Å². The molecular formula is C9H13N3O3S. The van der Waals surface area contributed by atoms with Crippen LogP contribution < -0.4 is 5.32 Å². The van der Waals surface area contributed by atoms with Crippen molar-refractivity contribution in [2.24, 2.45) is 0 Å². The molecule has 0 atom stereocenters. The Kier molecular flexibility index (Phi) is 5.44. The molecule has 0 bridgehead atoms. The second kappa shape index (κ2) is 6.91. The van der Waals surface area contributed by atoms with Crippen molar-refractivity contribution in [1.29, 1.82) is 0 Å². The van der Waals surface area contributed by atoms with E-state index in [-0.39, 0.29) is 5.00 Å². The molecule has 0 saturated carbocycles. The summed E-state index contributed by atoms with van der Waals surface area (Å²) in [5, 5.41) is 13.9. The van der Waals surface area contributed by atoms with Crippen molar-refractivity contribution < 1.29 is 9.66 Å². The van der Waals surface area contributed by atoms with Gasteiger partial charge in [0.25, 0.3) is 0 Å². The van der Waals surface area contributed by atoms with E-state index in [1.807, 2.05) is 0 Å². The molecule has 0 radical (unpaired) electrons. The number of rotatable bonds is 8. The van der Waals surface area contributed by atoms with Gasteiger partial charge in [-0.2, -0.15) is 0 Å². The topological polar surface area (TPSA) is 77.3 Å². The largest absolute Gasteiger partial charge is 0.379 e. The van der Waals surface area contributed by atoms with E-state index < -0.39 is 4.92 Å². The van der Waals surface area contributed by atoms with Gasteiger partial charge in [-0.25, -0.2) is 4.98 Å². The van der Waals surface area contributed by atoms with Gasteiger partial charge in [-0.3, -0.25) is 10.1 Å². The van der Waals surface area contributed by atoms with Crippen molar-refractivity contribution in [3.05, 3.63) is 29.0 Å². The van der Waals surface area contributed by atoms with Crippen molar-refractivity contribution in [3.63, 3.8) is 0 Å². The zero-order chi connectivity index (χ0) is 11.8. The summed E-state index contributed by atoms with van der Waals surface area (Å²) in [7, 11) is 0. The lowest BCUT2D eigenvalue weighted by molar-refractivity contribution is -0.380. The molecule has 1 rings (SSSR count). The standard InChI is InChI=1S/C9H13N3O3S/c1-2-3-5-15-6-4-10-9-11-7-8(16-9)12(13)14/h2,7H,1,3-6H2,(H,10,11). The highest BCUT2D eigenvalue weighted by Crippen LogP contribution is 2.24. The van der Waals surface area contributed by atoms with Crippen molar-refractivity contribution >= 4 is 21.5 Å². The lowest BCUT2D eigenvalue weighted by atomic mass is 10.5. The molecule has 6 nitrogen and oxygen atoms in total. The van der Waals surface area contributed by atoms with E-state index in [9.17, 15) is 10.1 Å². The summed E-state index contributed by atoms with van der Waals surface area (Å²) in [6.45, 7) is 5.35. The first-order valence-corrected chi connectivity index (χ1v) is 5.58. The molecular weight excluding hydrogens is 230 g/mol. The molecule has 0 fully saturated rings. The first kappa shape index (κ1) is 12.6. The molecule has 0 aliphatic heterocycles. The number of hydrogen-bond acceptors (Lipinski definition) is 6. The number of aromatic nitrogens is 1. The number of nitrogens with zero attached hydrogens (tertiary/aromatic N) is 2. The number of ether oxygens (including phenoxy) is 1. The van der Waals surface area contributed by atoms with Gasteiger partial charge in [0, 0.05) is 6.54 Å². The minimum atomic E-state index is -0.455. The third-order valence-corrected chi connectivity index (χ3v) is 2.57. The van der Waals surface area contributed by atoms with Gasteiger partial charge in [-0.15, -0.1) is 6.58 Å². The van der Waals surface area contributed by atoms with Gasteiger partial charge in [0.2, 0.25) is 0 Å². The maximum Gasteiger partial charge on any atom is 0.345 e. The molecule has 0 spiro atoms. The summed E-state index contributed by atoms with van der Waals surface area (Å²) >= 11 is 1.02. The maximum absolute atomic E-state index is 10.4. The van der Waals surface area contributed by atoms with E-state index >= 15 is 0 Å². The van der Waals surface area contributed by atoms with Crippen LogP contribution in [0, 0.1) is 10.1 Å². The van der Waals surface area contributed by atoms with Crippen LogP contribution in [0.2, 0.25) is 0 Å².